The van der Waals surface area contributed by atoms with E-state index < -0.39 is 17.8 Å². The molecule has 86 valence electrons. The lowest BCUT2D eigenvalue weighted by Gasteiger charge is -2.18. The Labute approximate surface area is 92.7 Å². The highest BCUT2D eigenvalue weighted by Crippen LogP contribution is 2.35. The molecule has 16 heavy (non-hydrogen) atoms. The lowest BCUT2D eigenvalue weighted by molar-refractivity contribution is -0.123. The number of nitrogens with one attached hydrogen (secondary N) is 1. The van der Waals surface area contributed by atoms with Gasteiger partial charge in [0.25, 0.3) is 5.91 Å². The predicted octanol–water partition coefficient (Wildman–Crippen LogP) is 1.27. The molecule has 1 heterocycles. The first-order valence-electron chi connectivity index (χ1n) is 5.08. The molecule has 0 saturated heterocycles. The Morgan fingerprint density at radius 1 is 1.56 bits per heavy atom. The molecular weight excluding hydrogens is 211 g/mol. The summed E-state index contributed by atoms with van der Waals surface area (Å²) in [6.07, 6.45) is -1.26. The summed E-state index contributed by atoms with van der Waals surface area (Å²) in [4.78, 5) is 12.9. The molecular formula is C11H13FN2O2. The van der Waals surface area contributed by atoms with Crippen LogP contribution in [0.15, 0.2) is 12.1 Å². The fraction of sp³-hybridized carbons (Fsp3) is 0.364. The van der Waals surface area contributed by atoms with Gasteiger partial charge in [0.2, 0.25) is 0 Å². The number of amides is 1. The Morgan fingerprint density at radius 3 is 2.88 bits per heavy atom. The molecule has 2 N–H and O–H groups in total. The van der Waals surface area contributed by atoms with Gasteiger partial charge in [-0.3, -0.25) is 4.79 Å². The summed E-state index contributed by atoms with van der Waals surface area (Å²) in [5.41, 5.74) is 1.20. The standard InChI is InChI=1S/C11H13FN2O2/c1-3-14(2)9-5-8-6(4-7(9)12)10(15)11(16)13-8/h4-5,10,15H,3H2,1-2H3,(H,13,16). The molecule has 1 aromatic rings. The number of anilines is 2. The van der Waals surface area contributed by atoms with Crippen LogP contribution >= 0.6 is 0 Å². The molecule has 0 saturated carbocycles. The fourth-order valence-corrected chi connectivity index (χ4v) is 1.72. The first-order chi connectivity index (χ1) is 7.54. The first-order valence-corrected chi connectivity index (χ1v) is 5.08. The molecule has 1 aromatic carbocycles. The van der Waals surface area contributed by atoms with Crippen LogP contribution in [0.5, 0.6) is 0 Å². The Bertz CT molecular complexity index is 448. The molecule has 0 aliphatic carbocycles. The molecule has 1 amide bonds. The predicted molar refractivity (Wildman–Crippen MR) is 58.9 cm³/mol. The van der Waals surface area contributed by atoms with Gasteiger partial charge < -0.3 is 15.3 Å². The molecule has 5 heteroatoms. The second kappa shape index (κ2) is 3.75. The van der Waals surface area contributed by atoms with Gasteiger partial charge >= 0.3 is 0 Å². The quantitative estimate of drug-likeness (QED) is 0.795. The van der Waals surface area contributed by atoms with Crippen LogP contribution in [0.2, 0.25) is 0 Å². The van der Waals surface area contributed by atoms with E-state index in [1.165, 1.54) is 6.07 Å². The van der Waals surface area contributed by atoms with Crippen molar-refractivity contribution in [1.29, 1.82) is 0 Å². The molecule has 1 aliphatic rings. The van der Waals surface area contributed by atoms with Gasteiger partial charge in [0.05, 0.1) is 5.69 Å². The van der Waals surface area contributed by atoms with Crippen LogP contribution in [0, 0.1) is 5.82 Å². The van der Waals surface area contributed by atoms with Gasteiger partial charge in [-0.15, -0.1) is 0 Å². The third-order valence-corrected chi connectivity index (χ3v) is 2.81. The highest BCUT2D eigenvalue weighted by atomic mass is 19.1. The number of aliphatic hydroxyl groups excluding tert-OH is 1. The average Bonchev–Trinajstić information content (AvgIpc) is 2.53. The highest BCUT2D eigenvalue weighted by molar-refractivity contribution is 6.02. The zero-order valence-corrected chi connectivity index (χ0v) is 9.12. The highest BCUT2D eigenvalue weighted by Gasteiger charge is 2.30. The lowest BCUT2D eigenvalue weighted by atomic mass is 10.1. The zero-order valence-electron chi connectivity index (χ0n) is 9.12. The van der Waals surface area contributed by atoms with E-state index >= 15 is 0 Å². The molecule has 1 aliphatic heterocycles. The lowest BCUT2D eigenvalue weighted by Crippen LogP contribution is -2.17. The summed E-state index contributed by atoms with van der Waals surface area (Å²) in [6, 6.07) is 2.75. The van der Waals surface area contributed by atoms with Crippen LogP contribution in [0.3, 0.4) is 0 Å². The fourth-order valence-electron chi connectivity index (χ4n) is 1.72. The molecule has 1 unspecified atom stereocenters. The van der Waals surface area contributed by atoms with Crippen molar-refractivity contribution in [2.45, 2.75) is 13.0 Å². The van der Waals surface area contributed by atoms with Crippen LogP contribution < -0.4 is 10.2 Å². The molecule has 0 aromatic heterocycles. The largest absolute Gasteiger partial charge is 0.378 e. The molecule has 0 radical (unpaired) electrons. The van der Waals surface area contributed by atoms with Gasteiger partial charge in [-0.25, -0.2) is 4.39 Å². The third-order valence-electron chi connectivity index (χ3n) is 2.81. The van der Waals surface area contributed by atoms with Crippen LogP contribution in [-0.2, 0) is 4.79 Å². The SMILES string of the molecule is CCN(C)c1cc2c(cc1F)C(O)C(=O)N2. The molecule has 4 nitrogen and oxygen atoms in total. The van der Waals surface area contributed by atoms with E-state index in [4.69, 9.17) is 0 Å². The minimum atomic E-state index is -1.26. The van der Waals surface area contributed by atoms with E-state index in [1.807, 2.05) is 6.92 Å². The number of carbonyl (C=O) groups excluding carboxylic acids is 1. The van der Waals surface area contributed by atoms with E-state index in [-0.39, 0.29) is 0 Å². The molecule has 0 bridgehead atoms. The van der Waals surface area contributed by atoms with Crippen molar-refractivity contribution in [1.82, 2.24) is 0 Å². The molecule has 2 rings (SSSR count). The van der Waals surface area contributed by atoms with Crippen molar-refractivity contribution < 1.29 is 14.3 Å². The van der Waals surface area contributed by atoms with Gasteiger partial charge in [0, 0.05) is 24.8 Å². The Hall–Kier alpha value is -1.62. The summed E-state index contributed by atoms with van der Waals surface area (Å²) in [7, 11) is 1.76. The molecule has 0 spiro atoms. The number of nitrogens with zero attached hydrogens (tertiary/aromatic N) is 1. The van der Waals surface area contributed by atoms with Gasteiger partial charge in [-0.1, -0.05) is 0 Å². The van der Waals surface area contributed by atoms with E-state index in [1.54, 1.807) is 18.0 Å². The first kappa shape index (κ1) is 10.9. The zero-order chi connectivity index (χ0) is 11.9. The van der Waals surface area contributed by atoms with Crippen LogP contribution in [0.4, 0.5) is 15.8 Å². The summed E-state index contributed by atoms with van der Waals surface area (Å²) in [5.74, 6) is -0.940. The number of benzene rings is 1. The maximum atomic E-state index is 13.7. The minimum Gasteiger partial charge on any atom is -0.378 e. The van der Waals surface area contributed by atoms with Crippen LogP contribution in [0.1, 0.15) is 18.6 Å². The number of hydrogen-bond donors (Lipinski definition) is 2. The topological polar surface area (TPSA) is 52.6 Å². The monoisotopic (exact) mass is 224 g/mol. The summed E-state index contributed by atoms with van der Waals surface area (Å²) in [5, 5.41) is 12.0. The van der Waals surface area contributed by atoms with Crippen molar-refractivity contribution >= 4 is 17.3 Å². The number of carbonyl (C=O) groups is 1. The van der Waals surface area contributed by atoms with E-state index in [0.29, 0.717) is 23.5 Å². The second-order valence-corrected chi connectivity index (χ2v) is 3.80. The second-order valence-electron chi connectivity index (χ2n) is 3.80. The number of rotatable bonds is 2. The Balaban J connectivity index is 2.48. The molecule has 0 fully saturated rings. The van der Waals surface area contributed by atoms with Gasteiger partial charge in [-0.05, 0) is 19.1 Å². The van der Waals surface area contributed by atoms with Crippen molar-refractivity contribution in [2.75, 3.05) is 23.8 Å². The number of aliphatic hydroxyl groups is 1. The maximum Gasteiger partial charge on any atom is 0.257 e. The van der Waals surface area contributed by atoms with Crippen LogP contribution in [0.25, 0.3) is 0 Å². The van der Waals surface area contributed by atoms with E-state index in [0.717, 1.165) is 0 Å². The van der Waals surface area contributed by atoms with Gasteiger partial charge in [0.1, 0.15) is 5.82 Å². The Kier molecular flexibility index (Phi) is 2.55. The summed E-state index contributed by atoms with van der Waals surface area (Å²) >= 11 is 0. The van der Waals surface area contributed by atoms with Crippen molar-refractivity contribution in [2.24, 2.45) is 0 Å². The van der Waals surface area contributed by atoms with E-state index in [2.05, 4.69) is 5.32 Å². The summed E-state index contributed by atoms with van der Waals surface area (Å²) < 4.78 is 13.7. The van der Waals surface area contributed by atoms with Crippen LogP contribution in [-0.4, -0.2) is 24.6 Å². The maximum absolute atomic E-state index is 13.7. The third kappa shape index (κ3) is 1.53. The number of hydrogen-bond acceptors (Lipinski definition) is 3. The van der Waals surface area contributed by atoms with Gasteiger partial charge in [0.15, 0.2) is 6.10 Å². The summed E-state index contributed by atoms with van der Waals surface area (Å²) in [6.45, 7) is 2.56. The van der Waals surface area contributed by atoms with Crippen molar-refractivity contribution in [3.8, 4) is 0 Å². The van der Waals surface area contributed by atoms with Crippen molar-refractivity contribution in [3.05, 3.63) is 23.5 Å². The number of fused-ring (bicyclic) bond motifs is 1. The molecule has 1 atom stereocenters. The average molecular weight is 224 g/mol. The van der Waals surface area contributed by atoms with Gasteiger partial charge in [-0.2, -0.15) is 0 Å². The smallest absolute Gasteiger partial charge is 0.257 e. The van der Waals surface area contributed by atoms with Crippen molar-refractivity contribution in [3.63, 3.8) is 0 Å². The minimum absolute atomic E-state index is 0.302. The Morgan fingerprint density at radius 2 is 2.25 bits per heavy atom. The number of halogens is 1. The normalized spacial score (nSPS) is 18.2. The van der Waals surface area contributed by atoms with E-state index in [9.17, 15) is 14.3 Å².